The molecule has 1 nitrogen and oxygen atoms in total. The zero-order chi connectivity index (χ0) is 12.3. The number of aryl methyl sites for hydroxylation is 1. The Morgan fingerprint density at radius 2 is 1.82 bits per heavy atom. The molecule has 2 aromatic carbocycles. The van der Waals surface area contributed by atoms with Crippen LogP contribution in [0.15, 0.2) is 46.9 Å². The van der Waals surface area contributed by atoms with Crippen LogP contribution in [0.2, 0.25) is 0 Å². The zero-order valence-electron chi connectivity index (χ0n) is 9.41. The number of benzene rings is 2. The number of hydrogen-bond donors (Lipinski definition) is 0. The van der Waals surface area contributed by atoms with Gasteiger partial charge in [0.15, 0.2) is 0 Å². The molecule has 0 spiro atoms. The van der Waals surface area contributed by atoms with Crippen LogP contribution in [0.3, 0.4) is 0 Å². The Balaban J connectivity index is 2.31. The van der Waals surface area contributed by atoms with Gasteiger partial charge in [0, 0.05) is 15.4 Å². The lowest BCUT2D eigenvalue weighted by Gasteiger charge is -2.11. The molecule has 0 saturated heterocycles. The molecule has 0 aliphatic rings. The molecule has 0 atom stereocenters. The van der Waals surface area contributed by atoms with Crippen molar-refractivity contribution in [2.75, 3.05) is 0 Å². The summed E-state index contributed by atoms with van der Waals surface area (Å²) in [6.07, 6.45) is 0. The van der Waals surface area contributed by atoms with E-state index in [2.05, 4.69) is 37.9 Å². The highest BCUT2D eigenvalue weighted by atomic mass is 79.9. The van der Waals surface area contributed by atoms with Gasteiger partial charge in [0.05, 0.1) is 0 Å². The third-order valence-corrected chi connectivity index (χ3v) is 3.57. The summed E-state index contributed by atoms with van der Waals surface area (Å²) in [5.41, 5.74) is 2.26. The quantitative estimate of drug-likeness (QED) is 0.665. The summed E-state index contributed by atoms with van der Waals surface area (Å²) >= 11 is 6.91. The minimum atomic E-state index is 0.790. The molecule has 0 unspecified atom stereocenters. The van der Waals surface area contributed by atoms with Gasteiger partial charge in [0.1, 0.15) is 11.5 Å². The van der Waals surface area contributed by atoms with Gasteiger partial charge in [-0.05, 0) is 36.8 Å². The number of halogens is 2. The lowest BCUT2D eigenvalue weighted by atomic mass is 10.2. The fraction of sp³-hybridized carbons (Fsp3) is 0.143. The van der Waals surface area contributed by atoms with Crippen molar-refractivity contribution < 1.29 is 4.74 Å². The lowest BCUT2D eigenvalue weighted by molar-refractivity contribution is 0.475. The highest BCUT2D eigenvalue weighted by Gasteiger charge is 2.05. The Labute approximate surface area is 118 Å². The highest BCUT2D eigenvalue weighted by Crippen LogP contribution is 2.30. The van der Waals surface area contributed by atoms with Gasteiger partial charge in [-0.3, -0.25) is 0 Å². The van der Waals surface area contributed by atoms with E-state index in [-0.39, 0.29) is 0 Å². The van der Waals surface area contributed by atoms with Gasteiger partial charge in [-0.2, -0.15) is 0 Å². The standard InChI is InChI=1S/C14H12Br2O/c1-10-8-12(16)6-7-13(10)17-14-5-3-2-4-11(14)9-15/h2-8H,9H2,1H3. The molecule has 88 valence electrons. The van der Waals surface area contributed by atoms with E-state index < -0.39 is 0 Å². The second kappa shape index (κ2) is 5.69. The van der Waals surface area contributed by atoms with Crippen LogP contribution in [0, 0.1) is 6.92 Å². The van der Waals surface area contributed by atoms with Crippen LogP contribution in [0.25, 0.3) is 0 Å². The second-order valence-electron chi connectivity index (χ2n) is 3.75. The summed E-state index contributed by atoms with van der Waals surface area (Å²) in [4.78, 5) is 0. The topological polar surface area (TPSA) is 9.23 Å². The first-order chi connectivity index (χ1) is 8.20. The minimum Gasteiger partial charge on any atom is -0.457 e. The maximum absolute atomic E-state index is 5.94. The normalized spacial score (nSPS) is 10.3. The number of hydrogen-bond acceptors (Lipinski definition) is 1. The molecule has 0 heterocycles. The third-order valence-electron chi connectivity index (χ3n) is 2.47. The summed E-state index contributed by atoms with van der Waals surface area (Å²) in [5, 5.41) is 0.790. The summed E-state index contributed by atoms with van der Waals surface area (Å²) in [5.74, 6) is 1.79. The van der Waals surface area contributed by atoms with E-state index in [1.54, 1.807) is 0 Å². The van der Waals surface area contributed by atoms with Gasteiger partial charge < -0.3 is 4.74 Å². The van der Waals surface area contributed by atoms with Gasteiger partial charge in [0.25, 0.3) is 0 Å². The van der Waals surface area contributed by atoms with Gasteiger partial charge in [-0.15, -0.1) is 0 Å². The Kier molecular flexibility index (Phi) is 4.24. The molecule has 0 aliphatic carbocycles. The predicted molar refractivity (Wildman–Crippen MR) is 78.0 cm³/mol. The maximum Gasteiger partial charge on any atom is 0.131 e. The van der Waals surface area contributed by atoms with Crippen molar-refractivity contribution in [2.24, 2.45) is 0 Å². The maximum atomic E-state index is 5.94. The first-order valence-corrected chi connectivity index (χ1v) is 7.20. The summed E-state index contributed by atoms with van der Waals surface area (Å²) in [7, 11) is 0. The molecule has 2 rings (SSSR count). The molecule has 2 aromatic rings. The Morgan fingerprint density at radius 1 is 1.06 bits per heavy atom. The average Bonchev–Trinajstić information content (AvgIpc) is 2.33. The molecule has 0 radical (unpaired) electrons. The van der Waals surface area contributed by atoms with E-state index in [4.69, 9.17) is 4.74 Å². The van der Waals surface area contributed by atoms with E-state index >= 15 is 0 Å². The van der Waals surface area contributed by atoms with Crippen LogP contribution in [0.4, 0.5) is 0 Å². The first-order valence-electron chi connectivity index (χ1n) is 5.28. The van der Waals surface area contributed by atoms with Crippen LogP contribution in [-0.4, -0.2) is 0 Å². The molecule has 0 fully saturated rings. The average molecular weight is 356 g/mol. The Bertz CT molecular complexity index is 523. The van der Waals surface area contributed by atoms with Crippen molar-refractivity contribution in [3.63, 3.8) is 0 Å². The van der Waals surface area contributed by atoms with Crippen molar-refractivity contribution in [1.29, 1.82) is 0 Å². The van der Waals surface area contributed by atoms with Crippen molar-refractivity contribution in [3.05, 3.63) is 58.1 Å². The minimum absolute atomic E-state index is 0.790. The van der Waals surface area contributed by atoms with Crippen LogP contribution in [-0.2, 0) is 5.33 Å². The molecule has 0 saturated carbocycles. The van der Waals surface area contributed by atoms with Crippen LogP contribution < -0.4 is 4.74 Å². The third kappa shape index (κ3) is 3.11. The van der Waals surface area contributed by atoms with Gasteiger partial charge in [0.2, 0.25) is 0 Å². The fourth-order valence-electron chi connectivity index (χ4n) is 1.56. The summed E-state index contributed by atoms with van der Waals surface area (Å²) in [6.45, 7) is 2.04. The predicted octanol–water partition coefficient (Wildman–Crippen LogP) is 5.44. The van der Waals surface area contributed by atoms with E-state index in [0.29, 0.717) is 0 Å². The van der Waals surface area contributed by atoms with E-state index in [1.165, 1.54) is 0 Å². The molecular weight excluding hydrogens is 344 g/mol. The Hall–Kier alpha value is -0.800. The van der Waals surface area contributed by atoms with Crippen LogP contribution >= 0.6 is 31.9 Å². The number of para-hydroxylation sites is 1. The number of rotatable bonds is 3. The molecular formula is C14H12Br2O. The Morgan fingerprint density at radius 3 is 2.53 bits per heavy atom. The molecule has 17 heavy (non-hydrogen) atoms. The first kappa shape index (κ1) is 12.7. The molecule has 0 bridgehead atoms. The van der Waals surface area contributed by atoms with E-state index in [0.717, 1.165) is 32.4 Å². The molecule has 0 N–H and O–H groups in total. The van der Waals surface area contributed by atoms with Crippen molar-refractivity contribution >= 4 is 31.9 Å². The highest BCUT2D eigenvalue weighted by molar-refractivity contribution is 9.10. The fourth-order valence-corrected chi connectivity index (χ4v) is 2.50. The summed E-state index contributed by atoms with van der Waals surface area (Å²) < 4.78 is 7.00. The van der Waals surface area contributed by atoms with Crippen LogP contribution in [0.5, 0.6) is 11.5 Å². The molecule has 0 aliphatic heterocycles. The molecule has 0 amide bonds. The number of ether oxygens (including phenoxy) is 1. The van der Waals surface area contributed by atoms with Crippen molar-refractivity contribution in [3.8, 4) is 11.5 Å². The van der Waals surface area contributed by atoms with Gasteiger partial charge in [-0.1, -0.05) is 50.1 Å². The summed E-state index contributed by atoms with van der Waals surface area (Å²) in [6, 6.07) is 14.0. The van der Waals surface area contributed by atoms with Gasteiger partial charge >= 0.3 is 0 Å². The second-order valence-corrected chi connectivity index (χ2v) is 5.23. The number of alkyl halides is 1. The lowest BCUT2D eigenvalue weighted by Crippen LogP contribution is -1.91. The monoisotopic (exact) mass is 354 g/mol. The smallest absolute Gasteiger partial charge is 0.131 e. The molecule has 0 aromatic heterocycles. The largest absolute Gasteiger partial charge is 0.457 e. The van der Waals surface area contributed by atoms with E-state index in [1.807, 2.05) is 43.3 Å². The SMILES string of the molecule is Cc1cc(Br)ccc1Oc1ccccc1CBr. The van der Waals surface area contributed by atoms with Gasteiger partial charge in [-0.25, -0.2) is 0 Å². The molecule has 3 heteroatoms. The van der Waals surface area contributed by atoms with E-state index in [9.17, 15) is 0 Å². The van der Waals surface area contributed by atoms with Crippen molar-refractivity contribution in [1.82, 2.24) is 0 Å². The zero-order valence-corrected chi connectivity index (χ0v) is 12.6. The van der Waals surface area contributed by atoms with Crippen LogP contribution in [0.1, 0.15) is 11.1 Å². The van der Waals surface area contributed by atoms with Crippen molar-refractivity contribution in [2.45, 2.75) is 12.3 Å².